The molecule has 0 spiro atoms. The lowest BCUT2D eigenvalue weighted by atomic mass is 10.0. The molecule has 1 aromatic heterocycles. The Morgan fingerprint density at radius 2 is 1.74 bits per heavy atom. The van der Waals surface area contributed by atoms with Gasteiger partial charge in [-0.1, -0.05) is 36.4 Å². The van der Waals surface area contributed by atoms with Gasteiger partial charge < -0.3 is 30.7 Å². The molecule has 38 heavy (non-hydrogen) atoms. The molecule has 0 radical (unpaired) electrons. The van der Waals surface area contributed by atoms with Crippen molar-refractivity contribution in [1.29, 1.82) is 0 Å². The van der Waals surface area contributed by atoms with Crippen molar-refractivity contribution in [2.45, 2.75) is 31.5 Å². The van der Waals surface area contributed by atoms with Crippen molar-refractivity contribution in [3.05, 3.63) is 84.2 Å². The van der Waals surface area contributed by atoms with Gasteiger partial charge in [0.05, 0.1) is 0 Å². The monoisotopic (exact) mass is 518 g/mol. The second-order valence-electron chi connectivity index (χ2n) is 8.84. The zero-order chi connectivity index (χ0) is 26.7. The molecule has 3 aromatic rings. The van der Waals surface area contributed by atoms with Gasteiger partial charge in [-0.15, -0.1) is 0 Å². The second-order valence-corrected chi connectivity index (χ2v) is 8.84. The number of amides is 2. The summed E-state index contributed by atoms with van der Waals surface area (Å²) in [7, 11) is 0. The van der Waals surface area contributed by atoms with E-state index in [9.17, 15) is 19.5 Å². The van der Waals surface area contributed by atoms with E-state index >= 15 is 0 Å². The van der Waals surface area contributed by atoms with E-state index in [1.54, 1.807) is 48.8 Å². The third-order valence-corrected chi connectivity index (χ3v) is 6.14. The lowest BCUT2D eigenvalue weighted by Crippen LogP contribution is -2.48. The molecular formula is C27H30N6O5. The smallest absolute Gasteiger partial charge is 0.408 e. The van der Waals surface area contributed by atoms with E-state index in [4.69, 9.17) is 4.74 Å². The highest BCUT2D eigenvalue weighted by molar-refractivity contribution is 5.95. The van der Waals surface area contributed by atoms with Gasteiger partial charge in [-0.2, -0.15) is 0 Å². The van der Waals surface area contributed by atoms with Gasteiger partial charge in [-0.05, 0) is 42.7 Å². The Hall–Kier alpha value is -4.67. The number of ether oxygens (including phenoxy) is 1. The average molecular weight is 519 g/mol. The minimum Gasteiger partial charge on any atom is -0.480 e. The highest BCUT2D eigenvalue weighted by atomic mass is 16.5. The number of carbonyl (C=O) groups is 3. The van der Waals surface area contributed by atoms with Crippen molar-refractivity contribution in [2.75, 3.05) is 29.9 Å². The van der Waals surface area contributed by atoms with Gasteiger partial charge in [0.15, 0.2) is 0 Å². The van der Waals surface area contributed by atoms with Crippen LogP contribution in [-0.4, -0.2) is 64.8 Å². The summed E-state index contributed by atoms with van der Waals surface area (Å²) >= 11 is 0. The molecule has 11 heteroatoms. The Morgan fingerprint density at radius 3 is 2.45 bits per heavy atom. The molecule has 1 atom stereocenters. The summed E-state index contributed by atoms with van der Waals surface area (Å²) < 4.78 is 5.08. The van der Waals surface area contributed by atoms with E-state index in [1.165, 1.54) is 0 Å². The number of aliphatic carboxylic acids is 1. The zero-order valence-electron chi connectivity index (χ0n) is 20.7. The van der Waals surface area contributed by atoms with Crippen LogP contribution in [0.2, 0.25) is 0 Å². The van der Waals surface area contributed by atoms with Gasteiger partial charge >= 0.3 is 12.1 Å². The molecule has 11 nitrogen and oxygen atoms in total. The number of hydrogen-bond acceptors (Lipinski definition) is 8. The number of piperidine rings is 1. The summed E-state index contributed by atoms with van der Waals surface area (Å²) in [4.78, 5) is 47.1. The van der Waals surface area contributed by atoms with Crippen molar-refractivity contribution in [3.63, 3.8) is 0 Å². The molecular weight excluding hydrogens is 488 g/mol. The number of nitrogens with one attached hydrogen (secondary N) is 3. The number of carbonyl (C=O) groups excluding carboxylic acids is 2. The van der Waals surface area contributed by atoms with Crippen LogP contribution in [0.3, 0.4) is 0 Å². The minimum absolute atomic E-state index is 0.00546. The Balaban J connectivity index is 1.26. The van der Waals surface area contributed by atoms with Crippen LogP contribution < -0.4 is 20.9 Å². The van der Waals surface area contributed by atoms with Crippen LogP contribution in [-0.2, 0) is 16.1 Å². The van der Waals surface area contributed by atoms with Crippen LogP contribution in [0.25, 0.3) is 0 Å². The first-order chi connectivity index (χ1) is 18.5. The molecule has 1 aliphatic rings. The maximum atomic E-state index is 12.8. The number of anilines is 2. The first-order valence-corrected chi connectivity index (χ1v) is 12.3. The fourth-order valence-electron chi connectivity index (χ4n) is 4.09. The minimum atomic E-state index is -1.34. The molecule has 2 aromatic carbocycles. The predicted molar refractivity (Wildman–Crippen MR) is 141 cm³/mol. The largest absolute Gasteiger partial charge is 0.480 e. The summed E-state index contributed by atoms with van der Waals surface area (Å²) in [5, 5.41) is 17.7. The lowest BCUT2D eigenvalue weighted by molar-refractivity contribution is -0.139. The molecule has 0 bridgehead atoms. The van der Waals surface area contributed by atoms with Crippen molar-refractivity contribution < 1.29 is 24.2 Å². The van der Waals surface area contributed by atoms with Crippen LogP contribution in [0.5, 0.6) is 0 Å². The van der Waals surface area contributed by atoms with Crippen molar-refractivity contribution in [2.24, 2.45) is 0 Å². The highest BCUT2D eigenvalue weighted by Gasteiger charge is 2.23. The normalized spacial score (nSPS) is 14.3. The van der Waals surface area contributed by atoms with Crippen molar-refractivity contribution >= 4 is 29.6 Å². The number of carboxylic acid groups (broad SMARTS) is 1. The van der Waals surface area contributed by atoms with Gasteiger partial charge in [0.2, 0.25) is 5.95 Å². The number of nitrogens with zero attached hydrogens (tertiary/aromatic N) is 3. The molecule has 4 rings (SSSR count). The Bertz CT molecular complexity index is 1220. The van der Waals surface area contributed by atoms with E-state index in [1.807, 2.05) is 24.3 Å². The molecule has 0 saturated carbocycles. The summed E-state index contributed by atoms with van der Waals surface area (Å²) in [6.07, 6.45) is 4.30. The zero-order valence-corrected chi connectivity index (χ0v) is 20.7. The SMILES string of the molecule is O=C(N[C@@H](CNC(=O)c1cccc(N2CCC(Nc3ncccn3)CC2)c1)C(=O)O)OCc1ccccc1. The van der Waals surface area contributed by atoms with E-state index in [2.05, 4.69) is 30.8 Å². The van der Waals surface area contributed by atoms with Crippen molar-refractivity contribution in [1.82, 2.24) is 20.6 Å². The quantitative estimate of drug-likeness (QED) is 0.318. The van der Waals surface area contributed by atoms with E-state index in [0.717, 1.165) is 37.2 Å². The number of carboxylic acids is 1. The van der Waals surface area contributed by atoms with Crippen LogP contribution in [0, 0.1) is 0 Å². The summed E-state index contributed by atoms with van der Waals surface area (Å²) in [5.41, 5.74) is 2.08. The molecule has 2 amide bonds. The highest BCUT2D eigenvalue weighted by Crippen LogP contribution is 2.22. The standard InChI is InChI=1S/C27H30N6O5/c34-24(30-17-23(25(35)36)32-27(37)38-18-19-6-2-1-3-7-19)20-8-4-9-22(16-20)33-14-10-21(11-15-33)31-26-28-12-5-13-29-26/h1-9,12-13,16,21,23H,10-11,14-15,17-18H2,(H,30,34)(H,32,37)(H,35,36)(H,28,29,31)/t23-/m0/s1. The lowest BCUT2D eigenvalue weighted by Gasteiger charge is -2.34. The summed E-state index contributed by atoms with van der Waals surface area (Å²) in [6.45, 7) is 1.31. The third kappa shape index (κ3) is 7.66. The third-order valence-electron chi connectivity index (χ3n) is 6.14. The molecule has 0 aliphatic carbocycles. The van der Waals surface area contributed by atoms with Crippen molar-refractivity contribution in [3.8, 4) is 0 Å². The van der Waals surface area contributed by atoms with Gasteiger partial charge in [-0.25, -0.2) is 19.6 Å². The second kappa shape index (κ2) is 13.0. The maximum absolute atomic E-state index is 12.8. The Morgan fingerprint density at radius 1 is 1.00 bits per heavy atom. The fourth-order valence-corrected chi connectivity index (χ4v) is 4.09. The molecule has 1 fully saturated rings. The van der Waals surface area contributed by atoms with Crippen LogP contribution >= 0.6 is 0 Å². The average Bonchev–Trinajstić information content (AvgIpc) is 2.95. The van der Waals surface area contributed by atoms with Crippen LogP contribution in [0.4, 0.5) is 16.4 Å². The van der Waals surface area contributed by atoms with Gasteiger partial charge in [0.1, 0.15) is 12.6 Å². The first-order valence-electron chi connectivity index (χ1n) is 12.3. The molecule has 4 N–H and O–H groups in total. The number of alkyl carbamates (subject to hydrolysis) is 1. The molecule has 198 valence electrons. The van der Waals surface area contributed by atoms with E-state index in [-0.39, 0.29) is 19.2 Å². The number of aromatic nitrogens is 2. The molecule has 0 unspecified atom stereocenters. The van der Waals surface area contributed by atoms with Gasteiger partial charge in [-0.3, -0.25) is 4.79 Å². The summed E-state index contributed by atoms with van der Waals surface area (Å²) in [5.74, 6) is -1.10. The van der Waals surface area contributed by atoms with Gasteiger partial charge in [0, 0.05) is 49.3 Å². The van der Waals surface area contributed by atoms with E-state index in [0.29, 0.717) is 11.5 Å². The molecule has 2 heterocycles. The van der Waals surface area contributed by atoms with Crippen LogP contribution in [0.1, 0.15) is 28.8 Å². The van der Waals surface area contributed by atoms with E-state index < -0.39 is 24.0 Å². The number of rotatable bonds is 10. The molecule has 1 aliphatic heterocycles. The molecule has 1 saturated heterocycles. The first kappa shape index (κ1) is 26.4. The predicted octanol–water partition coefficient (Wildman–Crippen LogP) is 2.67. The number of hydrogen-bond donors (Lipinski definition) is 4. The fraction of sp³-hybridized carbons (Fsp3) is 0.296. The number of benzene rings is 2. The van der Waals surface area contributed by atoms with Crippen LogP contribution in [0.15, 0.2) is 73.1 Å². The maximum Gasteiger partial charge on any atom is 0.408 e. The topological polar surface area (TPSA) is 146 Å². The van der Waals surface area contributed by atoms with Gasteiger partial charge in [0.25, 0.3) is 5.91 Å². The Kier molecular flexibility index (Phi) is 9.06. The Labute approximate surface area is 220 Å². The summed E-state index contributed by atoms with van der Waals surface area (Å²) in [6, 6.07) is 16.9.